The van der Waals surface area contributed by atoms with Crippen LogP contribution in [0.5, 0.6) is 0 Å². The summed E-state index contributed by atoms with van der Waals surface area (Å²) in [6.45, 7) is 6.46. The van der Waals surface area contributed by atoms with E-state index in [1.165, 1.54) is 0 Å². The van der Waals surface area contributed by atoms with Crippen molar-refractivity contribution in [1.29, 1.82) is 0 Å². The van der Waals surface area contributed by atoms with Crippen molar-refractivity contribution in [2.45, 2.75) is 38.5 Å². The first kappa shape index (κ1) is 39.8. The summed E-state index contributed by atoms with van der Waals surface area (Å²) in [6, 6.07) is 0. The van der Waals surface area contributed by atoms with E-state index in [9.17, 15) is 28.8 Å². The zero-order valence-corrected chi connectivity index (χ0v) is 23.6. The second kappa shape index (κ2) is 26.8. The van der Waals surface area contributed by atoms with E-state index in [1.54, 1.807) is 0 Å². The van der Waals surface area contributed by atoms with E-state index in [0.717, 1.165) is 13.1 Å². The summed E-state index contributed by atoms with van der Waals surface area (Å²) >= 11 is 0. The monoisotopic (exact) mass is 592 g/mol. The van der Waals surface area contributed by atoms with Crippen LogP contribution in [0.15, 0.2) is 0 Å². The third kappa shape index (κ3) is 29.4. The quantitative estimate of drug-likeness (QED) is 0.0523. The number of carbonyl (C=O) groups excluding carboxylic acids is 3. The van der Waals surface area contributed by atoms with E-state index < -0.39 is 17.9 Å². The first-order valence-electron chi connectivity index (χ1n) is 13.4. The van der Waals surface area contributed by atoms with Crippen LogP contribution in [0.4, 0.5) is 0 Å². The van der Waals surface area contributed by atoms with Gasteiger partial charge in [0.2, 0.25) is 17.7 Å². The molecule has 238 valence electrons. The minimum absolute atomic E-state index is 0.0170. The summed E-state index contributed by atoms with van der Waals surface area (Å²) in [6.07, 6.45) is -0.663. The number of carboxylic acids is 3. The molecule has 41 heavy (non-hydrogen) atoms. The maximum absolute atomic E-state index is 11.4. The van der Waals surface area contributed by atoms with Crippen LogP contribution in [0.25, 0.3) is 0 Å². The van der Waals surface area contributed by atoms with Gasteiger partial charge >= 0.3 is 17.9 Å². The molecule has 0 heterocycles. The predicted molar refractivity (Wildman–Crippen MR) is 150 cm³/mol. The molecule has 0 saturated carbocycles. The lowest BCUT2D eigenvalue weighted by Gasteiger charge is -2.21. The van der Waals surface area contributed by atoms with E-state index in [-0.39, 0.29) is 56.2 Å². The number of hydrogen-bond acceptors (Lipinski definition) is 11. The lowest BCUT2D eigenvalue weighted by Crippen LogP contribution is -2.41. The largest absolute Gasteiger partial charge is 0.481 e. The van der Waals surface area contributed by atoms with Gasteiger partial charge in [0.1, 0.15) is 0 Å². The molecule has 0 bridgehead atoms. The van der Waals surface area contributed by atoms with Gasteiger partial charge in [0.05, 0.1) is 19.3 Å². The van der Waals surface area contributed by atoms with Crippen LogP contribution in [0.2, 0.25) is 0 Å². The molecule has 0 aliphatic carbocycles. The van der Waals surface area contributed by atoms with Gasteiger partial charge in [-0.15, -0.1) is 0 Å². The van der Waals surface area contributed by atoms with E-state index in [0.29, 0.717) is 65.4 Å². The molecule has 12 N–H and O–H groups in total. The fraction of sp³-hybridized carbons (Fsp3) is 0.750. The van der Waals surface area contributed by atoms with E-state index in [4.69, 9.17) is 32.5 Å². The van der Waals surface area contributed by atoms with Crippen LogP contribution in [0, 0.1) is 0 Å². The number of rotatable bonds is 24. The molecular weight excluding hydrogens is 544 g/mol. The normalized spacial score (nSPS) is 10.5. The Kier molecular flexibility index (Phi) is 26.0. The van der Waals surface area contributed by atoms with Gasteiger partial charge < -0.3 is 48.5 Å². The zero-order chi connectivity index (χ0) is 31.5. The first-order valence-corrected chi connectivity index (χ1v) is 13.4. The summed E-state index contributed by atoms with van der Waals surface area (Å²) in [5.74, 6) is -3.90. The van der Waals surface area contributed by atoms with Crippen molar-refractivity contribution in [1.82, 2.24) is 25.8 Å². The van der Waals surface area contributed by atoms with Gasteiger partial charge in [-0.05, 0) is 0 Å². The molecule has 0 atom stereocenters. The van der Waals surface area contributed by atoms with Crippen molar-refractivity contribution in [3.63, 3.8) is 0 Å². The Morgan fingerprint density at radius 3 is 0.902 bits per heavy atom. The fourth-order valence-electron chi connectivity index (χ4n) is 3.21. The van der Waals surface area contributed by atoms with Gasteiger partial charge in [-0.1, -0.05) is 0 Å². The molecule has 0 fully saturated rings. The number of aliphatic carboxylic acids is 3. The molecule has 0 radical (unpaired) electrons. The highest BCUT2D eigenvalue weighted by Crippen LogP contribution is 1.92. The van der Waals surface area contributed by atoms with Crippen LogP contribution in [-0.4, -0.2) is 139 Å². The van der Waals surface area contributed by atoms with Crippen molar-refractivity contribution in [2.75, 3.05) is 78.5 Å². The number of carboxylic acid groups (broad SMARTS) is 3. The Balaban J connectivity index is 0. The highest BCUT2D eigenvalue weighted by atomic mass is 16.4. The zero-order valence-electron chi connectivity index (χ0n) is 23.6. The Morgan fingerprint density at radius 1 is 0.439 bits per heavy atom. The molecule has 0 aromatic carbocycles. The lowest BCUT2D eigenvalue weighted by molar-refractivity contribution is -0.139. The van der Waals surface area contributed by atoms with Crippen molar-refractivity contribution in [2.24, 2.45) is 17.2 Å². The maximum Gasteiger partial charge on any atom is 0.303 e. The number of nitrogens with two attached hydrogens (primary N) is 3. The molecule has 0 spiro atoms. The Hall–Kier alpha value is -3.38. The maximum atomic E-state index is 11.4. The summed E-state index contributed by atoms with van der Waals surface area (Å²) in [4.78, 5) is 68.9. The van der Waals surface area contributed by atoms with Crippen LogP contribution < -0.4 is 33.2 Å². The Labute approximate surface area is 240 Å². The third-order valence-electron chi connectivity index (χ3n) is 5.28. The molecule has 0 aliphatic heterocycles. The van der Waals surface area contributed by atoms with Crippen molar-refractivity contribution < 1.29 is 44.1 Å². The summed E-state index contributed by atoms with van der Waals surface area (Å²) in [5, 5.41) is 33.3. The molecule has 17 heteroatoms. The number of carbonyl (C=O) groups is 6. The van der Waals surface area contributed by atoms with Crippen molar-refractivity contribution in [3.8, 4) is 0 Å². The molecular formula is C24H48N8O9. The van der Waals surface area contributed by atoms with Crippen LogP contribution >= 0.6 is 0 Å². The van der Waals surface area contributed by atoms with Gasteiger partial charge in [-0.2, -0.15) is 0 Å². The molecule has 0 aliphatic rings. The smallest absolute Gasteiger partial charge is 0.303 e. The van der Waals surface area contributed by atoms with Gasteiger partial charge in [0.25, 0.3) is 0 Å². The number of amides is 3. The summed E-state index contributed by atoms with van der Waals surface area (Å²) in [7, 11) is 0. The number of nitrogens with one attached hydrogen (secondary N) is 3. The Bertz CT molecular complexity index is 744. The van der Waals surface area contributed by atoms with E-state index >= 15 is 0 Å². The minimum Gasteiger partial charge on any atom is -0.481 e. The van der Waals surface area contributed by atoms with Crippen LogP contribution in [0.3, 0.4) is 0 Å². The molecule has 0 aromatic heterocycles. The van der Waals surface area contributed by atoms with Gasteiger partial charge in [-0.3, -0.25) is 38.6 Å². The lowest BCUT2D eigenvalue weighted by atomic mass is 10.3. The summed E-state index contributed by atoms with van der Waals surface area (Å²) in [5.41, 5.74) is 16.4. The second-order valence-electron chi connectivity index (χ2n) is 8.78. The highest BCUT2D eigenvalue weighted by molar-refractivity contribution is 5.81. The van der Waals surface area contributed by atoms with Gasteiger partial charge in [0.15, 0.2) is 0 Å². The molecule has 17 nitrogen and oxygen atoms in total. The molecule has 0 rings (SSSR count). The SMILES string of the molecule is NCCN(CCN)CCNC(=O)CCC(=O)O.NCCN(CCNC(=O)CCC(=O)O)CCNC(=O)CCC(=O)O. The van der Waals surface area contributed by atoms with Crippen molar-refractivity contribution >= 4 is 35.6 Å². The van der Waals surface area contributed by atoms with Crippen LogP contribution in [-0.2, 0) is 28.8 Å². The number of hydrogen-bond donors (Lipinski definition) is 9. The summed E-state index contributed by atoms with van der Waals surface area (Å²) < 4.78 is 0. The van der Waals surface area contributed by atoms with Crippen LogP contribution in [0.1, 0.15) is 38.5 Å². The molecule has 0 unspecified atom stereocenters. The van der Waals surface area contributed by atoms with E-state index in [2.05, 4.69) is 20.9 Å². The molecule has 3 amide bonds. The second-order valence-corrected chi connectivity index (χ2v) is 8.78. The van der Waals surface area contributed by atoms with E-state index in [1.807, 2.05) is 4.90 Å². The Morgan fingerprint density at radius 2 is 0.683 bits per heavy atom. The third-order valence-corrected chi connectivity index (χ3v) is 5.28. The highest BCUT2D eigenvalue weighted by Gasteiger charge is 2.09. The molecule has 0 aromatic rings. The average Bonchev–Trinajstić information content (AvgIpc) is 2.90. The minimum atomic E-state index is -1.02. The fourth-order valence-corrected chi connectivity index (χ4v) is 3.21. The predicted octanol–water partition coefficient (Wildman–Crippen LogP) is -3.60. The topological polar surface area (TPSA) is 284 Å². The average molecular weight is 593 g/mol. The van der Waals surface area contributed by atoms with Gasteiger partial charge in [-0.25, -0.2) is 0 Å². The van der Waals surface area contributed by atoms with Gasteiger partial charge in [0, 0.05) is 97.8 Å². The number of nitrogens with zero attached hydrogens (tertiary/aromatic N) is 2. The standard InChI is InChI=1S/C14H26N4O6.C10H22N4O3/c15-5-8-18(9-6-16-11(19)1-3-13(21)22)10-7-17-12(20)2-4-14(23)24;11-3-6-14(7-4-12)8-5-13-9(15)1-2-10(16)17/h1-10,15H2,(H,16,19)(H,17,20)(H,21,22)(H,23,24);1-8,11-12H2,(H,13,15)(H,16,17). The van der Waals surface area contributed by atoms with Crippen molar-refractivity contribution in [3.05, 3.63) is 0 Å². The first-order chi connectivity index (χ1) is 19.4. The molecule has 0 saturated heterocycles.